The van der Waals surface area contributed by atoms with Gasteiger partial charge in [0.1, 0.15) is 0 Å². The molecule has 2 aromatic carbocycles. The third-order valence-electron chi connectivity index (χ3n) is 3.78. The van der Waals surface area contributed by atoms with E-state index in [-0.39, 0.29) is 22.1 Å². The van der Waals surface area contributed by atoms with Gasteiger partial charge >= 0.3 is 0 Å². The normalized spacial score (nSPS) is 11.1. The standard InChI is InChI=1S/C18H22N2O3S/c1-3-24(22,23)17-12-8-7-11-16(17)18(21)19-13-14-20(2)15-9-5-4-6-10-15/h4-12H,3,13-14H2,1-2H3,(H,19,21). The van der Waals surface area contributed by atoms with Crippen molar-refractivity contribution in [2.24, 2.45) is 0 Å². The van der Waals surface area contributed by atoms with Gasteiger partial charge in [0.15, 0.2) is 9.84 Å². The smallest absolute Gasteiger partial charge is 0.252 e. The molecule has 2 rings (SSSR count). The molecule has 0 saturated heterocycles. The number of hydrogen-bond donors (Lipinski definition) is 1. The van der Waals surface area contributed by atoms with Crippen molar-refractivity contribution in [3.05, 3.63) is 60.2 Å². The second-order valence-electron chi connectivity index (χ2n) is 5.41. The number of benzene rings is 2. The Morgan fingerprint density at radius 2 is 1.67 bits per heavy atom. The van der Waals surface area contributed by atoms with Gasteiger partial charge in [-0.05, 0) is 24.3 Å². The number of carbonyl (C=O) groups excluding carboxylic acids is 1. The van der Waals surface area contributed by atoms with E-state index in [1.807, 2.05) is 42.3 Å². The first-order chi connectivity index (χ1) is 11.5. The lowest BCUT2D eigenvalue weighted by Crippen LogP contribution is -2.33. The maximum atomic E-state index is 12.4. The van der Waals surface area contributed by atoms with Crippen molar-refractivity contribution in [2.75, 3.05) is 30.8 Å². The molecule has 0 atom stereocenters. The Kier molecular flexibility index (Phi) is 5.98. The van der Waals surface area contributed by atoms with E-state index in [1.165, 1.54) is 6.07 Å². The first kappa shape index (κ1) is 18.0. The predicted octanol–water partition coefficient (Wildman–Crippen LogP) is 2.35. The van der Waals surface area contributed by atoms with Gasteiger partial charge in [0.25, 0.3) is 5.91 Å². The minimum Gasteiger partial charge on any atom is -0.373 e. The van der Waals surface area contributed by atoms with Crippen LogP contribution in [0.5, 0.6) is 0 Å². The van der Waals surface area contributed by atoms with Crippen LogP contribution in [0.15, 0.2) is 59.5 Å². The fourth-order valence-corrected chi connectivity index (χ4v) is 3.42. The van der Waals surface area contributed by atoms with Crippen LogP contribution in [0.1, 0.15) is 17.3 Å². The molecule has 0 spiro atoms. The minimum absolute atomic E-state index is 0.0337. The van der Waals surface area contributed by atoms with Crippen molar-refractivity contribution < 1.29 is 13.2 Å². The summed E-state index contributed by atoms with van der Waals surface area (Å²) in [5, 5.41) is 2.79. The van der Waals surface area contributed by atoms with E-state index in [1.54, 1.807) is 25.1 Å². The van der Waals surface area contributed by atoms with Crippen molar-refractivity contribution in [3.8, 4) is 0 Å². The molecule has 1 N–H and O–H groups in total. The number of hydrogen-bond acceptors (Lipinski definition) is 4. The molecule has 0 aromatic heterocycles. The van der Waals surface area contributed by atoms with E-state index in [2.05, 4.69) is 5.32 Å². The summed E-state index contributed by atoms with van der Waals surface area (Å²) < 4.78 is 24.2. The quantitative estimate of drug-likeness (QED) is 0.836. The van der Waals surface area contributed by atoms with Crippen molar-refractivity contribution in [2.45, 2.75) is 11.8 Å². The van der Waals surface area contributed by atoms with Gasteiger partial charge in [-0.2, -0.15) is 0 Å². The Bertz CT molecular complexity index is 789. The van der Waals surface area contributed by atoms with Crippen molar-refractivity contribution in [3.63, 3.8) is 0 Å². The molecular weight excluding hydrogens is 324 g/mol. The number of rotatable bonds is 7. The summed E-state index contributed by atoms with van der Waals surface area (Å²) in [6.07, 6.45) is 0. The monoisotopic (exact) mass is 346 g/mol. The third-order valence-corrected chi connectivity index (χ3v) is 5.56. The third kappa shape index (κ3) is 4.35. The Labute approximate surface area is 143 Å². The topological polar surface area (TPSA) is 66.5 Å². The number of anilines is 1. The molecule has 2 aromatic rings. The molecule has 0 saturated carbocycles. The second kappa shape index (κ2) is 7.97. The molecule has 6 heteroatoms. The van der Waals surface area contributed by atoms with Gasteiger partial charge in [0.05, 0.1) is 16.2 Å². The van der Waals surface area contributed by atoms with Gasteiger partial charge in [-0.1, -0.05) is 37.3 Å². The van der Waals surface area contributed by atoms with Gasteiger partial charge < -0.3 is 10.2 Å². The molecule has 0 bridgehead atoms. The van der Waals surface area contributed by atoms with E-state index in [4.69, 9.17) is 0 Å². The highest BCUT2D eigenvalue weighted by molar-refractivity contribution is 7.91. The molecule has 5 nitrogen and oxygen atoms in total. The van der Waals surface area contributed by atoms with Gasteiger partial charge in [-0.15, -0.1) is 0 Å². The summed E-state index contributed by atoms with van der Waals surface area (Å²) in [4.78, 5) is 14.5. The number of carbonyl (C=O) groups is 1. The van der Waals surface area contributed by atoms with Crippen LogP contribution in [0.25, 0.3) is 0 Å². The van der Waals surface area contributed by atoms with Crippen LogP contribution in [0.2, 0.25) is 0 Å². The molecule has 0 aliphatic rings. The van der Waals surface area contributed by atoms with E-state index in [0.717, 1.165) is 5.69 Å². The number of amides is 1. The molecule has 0 heterocycles. The highest BCUT2D eigenvalue weighted by atomic mass is 32.2. The number of para-hydroxylation sites is 1. The Morgan fingerprint density at radius 3 is 2.33 bits per heavy atom. The average Bonchev–Trinajstić information content (AvgIpc) is 2.62. The molecule has 1 amide bonds. The van der Waals surface area contributed by atoms with Gasteiger partial charge in [0.2, 0.25) is 0 Å². The summed E-state index contributed by atoms with van der Waals surface area (Å²) in [7, 11) is -1.49. The van der Waals surface area contributed by atoms with Gasteiger partial charge in [0, 0.05) is 25.8 Å². The van der Waals surface area contributed by atoms with Crippen LogP contribution in [0.4, 0.5) is 5.69 Å². The number of nitrogens with one attached hydrogen (secondary N) is 1. The lowest BCUT2D eigenvalue weighted by atomic mass is 10.2. The summed E-state index contributed by atoms with van der Waals surface area (Å²) in [6, 6.07) is 16.2. The second-order valence-corrected chi connectivity index (χ2v) is 7.66. The summed E-state index contributed by atoms with van der Waals surface area (Å²) in [5.41, 5.74) is 1.25. The first-order valence-electron chi connectivity index (χ1n) is 7.82. The highest BCUT2D eigenvalue weighted by Gasteiger charge is 2.20. The minimum atomic E-state index is -3.43. The van der Waals surface area contributed by atoms with E-state index in [0.29, 0.717) is 13.1 Å². The highest BCUT2D eigenvalue weighted by Crippen LogP contribution is 2.17. The number of likely N-dealkylation sites (N-methyl/N-ethyl adjacent to an activating group) is 1. The van der Waals surface area contributed by atoms with Crippen molar-refractivity contribution in [1.29, 1.82) is 0 Å². The fourth-order valence-electron chi connectivity index (χ4n) is 2.32. The zero-order valence-electron chi connectivity index (χ0n) is 13.9. The molecule has 0 aliphatic carbocycles. The van der Waals surface area contributed by atoms with Crippen molar-refractivity contribution >= 4 is 21.4 Å². The zero-order valence-corrected chi connectivity index (χ0v) is 14.7. The van der Waals surface area contributed by atoms with Crippen molar-refractivity contribution in [1.82, 2.24) is 5.32 Å². The average molecular weight is 346 g/mol. The Balaban J connectivity index is 2.01. The van der Waals surface area contributed by atoms with E-state index < -0.39 is 9.84 Å². The summed E-state index contributed by atoms with van der Waals surface area (Å²) in [6.45, 7) is 2.61. The van der Waals surface area contributed by atoms with E-state index in [9.17, 15) is 13.2 Å². The van der Waals surface area contributed by atoms with Crippen LogP contribution < -0.4 is 10.2 Å². The Morgan fingerprint density at radius 1 is 1.04 bits per heavy atom. The largest absolute Gasteiger partial charge is 0.373 e. The molecule has 0 unspecified atom stereocenters. The maximum absolute atomic E-state index is 12.4. The lowest BCUT2D eigenvalue weighted by Gasteiger charge is -2.19. The van der Waals surface area contributed by atoms with Crippen LogP contribution in [-0.2, 0) is 9.84 Å². The predicted molar refractivity (Wildman–Crippen MR) is 96.2 cm³/mol. The number of nitrogens with zero attached hydrogens (tertiary/aromatic N) is 1. The molecule has 0 aliphatic heterocycles. The molecule has 0 radical (unpaired) electrons. The molecule has 0 fully saturated rings. The molecule has 128 valence electrons. The van der Waals surface area contributed by atoms with Crippen LogP contribution in [0.3, 0.4) is 0 Å². The van der Waals surface area contributed by atoms with Gasteiger partial charge in [-0.25, -0.2) is 8.42 Å². The SMILES string of the molecule is CCS(=O)(=O)c1ccccc1C(=O)NCCN(C)c1ccccc1. The molecule has 24 heavy (non-hydrogen) atoms. The lowest BCUT2D eigenvalue weighted by molar-refractivity contribution is 0.0951. The van der Waals surface area contributed by atoms with Crippen LogP contribution in [-0.4, -0.2) is 40.2 Å². The number of sulfone groups is 1. The van der Waals surface area contributed by atoms with Gasteiger partial charge in [-0.3, -0.25) is 4.79 Å². The zero-order chi connectivity index (χ0) is 17.6. The summed E-state index contributed by atoms with van der Waals surface area (Å²) >= 11 is 0. The molecular formula is C18H22N2O3S. The fraction of sp³-hybridized carbons (Fsp3) is 0.278. The summed E-state index contributed by atoms with van der Waals surface area (Å²) in [5.74, 6) is -0.405. The maximum Gasteiger partial charge on any atom is 0.252 e. The first-order valence-corrected chi connectivity index (χ1v) is 9.47. The van der Waals surface area contributed by atoms with E-state index >= 15 is 0 Å². The van der Waals surface area contributed by atoms with Crippen LogP contribution in [0, 0.1) is 0 Å². The Hall–Kier alpha value is -2.34. The van der Waals surface area contributed by atoms with Crippen LogP contribution >= 0.6 is 0 Å².